The van der Waals surface area contributed by atoms with Crippen LogP contribution in [0.15, 0.2) is 36.4 Å². The van der Waals surface area contributed by atoms with Gasteiger partial charge in [0.1, 0.15) is 5.75 Å². The van der Waals surface area contributed by atoms with Crippen LogP contribution >= 0.6 is 0 Å². The van der Waals surface area contributed by atoms with Crippen molar-refractivity contribution in [2.75, 3.05) is 25.0 Å². The summed E-state index contributed by atoms with van der Waals surface area (Å²) < 4.78 is 5.61. The first kappa shape index (κ1) is 20.9. The van der Waals surface area contributed by atoms with Crippen LogP contribution in [-0.4, -0.2) is 46.6 Å². The number of aromatic nitrogens is 2. The summed E-state index contributed by atoms with van der Waals surface area (Å²) in [6, 6.07) is 11.3. The minimum absolute atomic E-state index is 0.0215. The van der Waals surface area contributed by atoms with Crippen LogP contribution in [0.5, 0.6) is 5.75 Å². The first-order valence-corrected chi connectivity index (χ1v) is 10.2. The highest BCUT2D eigenvalue weighted by atomic mass is 16.5. The third-order valence-electron chi connectivity index (χ3n) is 5.11. The Morgan fingerprint density at radius 3 is 2.72 bits per heavy atom. The molecule has 156 valence electrons. The largest absolute Gasteiger partial charge is 0.493 e. The second-order valence-electron chi connectivity index (χ2n) is 8.50. The van der Waals surface area contributed by atoms with Gasteiger partial charge in [0.2, 0.25) is 11.8 Å². The molecule has 0 bridgehead atoms. The van der Waals surface area contributed by atoms with Crippen LogP contribution < -0.4 is 10.1 Å². The first-order chi connectivity index (χ1) is 13.8. The number of likely N-dealkylation sites (tertiary alicyclic amines) is 1. The maximum absolute atomic E-state index is 12.7. The Bertz CT molecular complexity index is 826. The summed E-state index contributed by atoms with van der Waals surface area (Å²) >= 11 is 0. The number of para-hydroxylation sites is 1. The number of nitrogens with zero attached hydrogens (tertiary/aromatic N) is 2. The Morgan fingerprint density at radius 1 is 1.28 bits per heavy atom. The zero-order valence-corrected chi connectivity index (χ0v) is 17.4. The Balaban J connectivity index is 1.48. The van der Waals surface area contributed by atoms with Crippen molar-refractivity contribution in [1.29, 1.82) is 0 Å². The number of benzene rings is 1. The molecule has 1 atom stereocenters. The molecular formula is C22H30N4O3. The third-order valence-corrected chi connectivity index (χ3v) is 5.11. The fraction of sp³-hybridized carbons (Fsp3) is 0.500. The van der Waals surface area contributed by atoms with Crippen molar-refractivity contribution in [2.45, 2.75) is 45.4 Å². The molecule has 1 aliphatic rings. The minimum atomic E-state index is -0.225. The van der Waals surface area contributed by atoms with Crippen LogP contribution in [-0.2, 0) is 15.0 Å². The highest BCUT2D eigenvalue weighted by Gasteiger charge is 2.29. The number of ether oxygens (including phenoxy) is 1. The average molecular weight is 399 g/mol. The van der Waals surface area contributed by atoms with Gasteiger partial charge in [-0.2, -0.15) is 5.10 Å². The third kappa shape index (κ3) is 5.82. The summed E-state index contributed by atoms with van der Waals surface area (Å²) in [6.45, 7) is 7.70. The second-order valence-corrected chi connectivity index (χ2v) is 8.50. The molecule has 7 nitrogen and oxygen atoms in total. The van der Waals surface area contributed by atoms with Crippen LogP contribution in [0.4, 0.5) is 5.82 Å². The average Bonchev–Trinajstić information content (AvgIpc) is 3.18. The monoisotopic (exact) mass is 398 g/mol. The molecular weight excluding hydrogens is 368 g/mol. The van der Waals surface area contributed by atoms with Crippen molar-refractivity contribution >= 4 is 17.6 Å². The lowest BCUT2D eigenvalue weighted by Crippen LogP contribution is -2.44. The number of hydrogen-bond donors (Lipinski definition) is 2. The summed E-state index contributed by atoms with van der Waals surface area (Å²) in [4.78, 5) is 27.0. The zero-order valence-electron chi connectivity index (χ0n) is 17.4. The fourth-order valence-electron chi connectivity index (χ4n) is 3.35. The van der Waals surface area contributed by atoms with Gasteiger partial charge in [0.15, 0.2) is 5.82 Å². The van der Waals surface area contributed by atoms with Crippen molar-refractivity contribution < 1.29 is 14.3 Å². The number of anilines is 1. The number of rotatable bonds is 6. The molecule has 0 radical (unpaired) electrons. The Kier molecular flexibility index (Phi) is 6.56. The van der Waals surface area contributed by atoms with E-state index in [1.165, 1.54) is 0 Å². The van der Waals surface area contributed by atoms with Gasteiger partial charge in [-0.1, -0.05) is 39.0 Å². The lowest BCUT2D eigenvalue weighted by molar-refractivity contribution is -0.135. The summed E-state index contributed by atoms with van der Waals surface area (Å²) in [6.07, 6.45) is 1.89. The molecule has 2 N–H and O–H groups in total. The van der Waals surface area contributed by atoms with Gasteiger partial charge in [0, 0.05) is 30.3 Å². The fourth-order valence-corrected chi connectivity index (χ4v) is 3.35. The molecule has 0 saturated carbocycles. The van der Waals surface area contributed by atoms with Crippen molar-refractivity contribution in [3.8, 4) is 5.75 Å². The molecule has 2 aromatic rings. The molecule has 0 spiro atoms. The molecule has 2 heterocycles. The normalized spacial score (nSPS) is 17.1. The number of piperidine rings is 1. The predicted molar refractivity (Wildman–Crippen MR) is 112 cm³/mol. The number of hydrogen-bond acceptors (Lipinski definition) is 4. The molecule has 29 heavy (non-hydrogen) atoms. The lowest BCUT2D eigenvalue weighted by atomic mass is 9.92. The molecule has 0 aliphatic carbocycles. The number of carbonyl (C=O) groups is 2. The maximum atomic E-state index is 12.7. The molecule has 7 heteroatoms. The van der Waals surface area contributed by atoms with E-state index in [1.54, 1.807) is 4.90 Å². The summed E-state index contributed by atoms with van der Waals surface area (Å²) in [5, 5.41) is 10.0. The van der Waals surface area contributed by atoms with Crippen LogP contribution in [0, 0.1) is 5.92 Å². The van der Waals surface area contributed by atoms with Crippen molar-refractivity contribution in [1.82, 2.24) is 15.1 Å². The van der Waals surface area contributed by atoms with Gasteiger partial charge in [0.05, 0.1) is 18.9 Å². The first-order valence-electron chi connectivity index (χ1n) is 10.2. The van der Waals surface area contributed by atoms with E-state index in [-0.39, 0.29) is 23.1 Å². The highest BCUT2D eigenvalue weighted by molar-refractivity contribution is 5.92. The number of nitrogens with one attached hydrogen (secondary N) is 2. The summed E-state index contributed by atoms with van der Waals surface area (Å²) in [5.74, 6) is 0.991. The molecule has 1 aromatic carbocycles. The topological polar surface area (TPSA) is 87.3 Å². The van der Waals surface area contributed by atoms with Gasteiger partial charge >= 0.3 is 0 Å². The van der Waals surface area contributed by atoms with Crippen LogP contribution in [0.1, 0.15) is 45.7 Å². The maximum Gasteiger partial charge on any atom is 0.230 e. The van der Waals surface area contributed by atoms with Gasteiger partial charge in [-0.25, -0.2) is 0 Å². The van der Waals surface area contributed by atoms with Crippen molar-refractivity contribution in [3.63, 3.8) is 0 Å². The van der Waals surface area contributed by atoms with E-state index < -0.39 is 0 Å². The van der Waals surface area contributed by atoms with E-state index in [1.807, 2.05) is 36.4 Å². The van der Waals surface area contributed by atoms with Gasteiger partial charge in [0.25, 0.3) is 0 Å². The SMILES string of the molecule is CC(C)(C)c1cc(NC(=O)C2CCCN(C(=O)CCOc3ccccc3)C2)n[nH]1. The molecule has 1 saturated heterocycles. The van der Waals surface area contributed by atoms with Crippen LogP contribution in [0.3, 0.4) is 0 Å². The second kappa shape index (κ2) is 9.11. The van der Waals surface area contributed by atoms with E-state index >= 15 is 0 Å². The molecule has 1 aromatic heterocycles. The quantitative estimate of drug-likeness (QED) is 0.781. The van der Waals surface area contributed by atoms with Gasteiger partial charge < -0.3 is 15.0 Å². The van der Waals surface area contributed by atoms with Crippen LogP contribution in [0.25, 0.3) is 0 Å². The van der Waals surface area contributed by atoms with E-state index in [2.05, 4.69) is 36.3 Å². The summed E-state index contributed by atoms with van der Waals surface area (Å²) in [7, 11) is 0. The smallest absolute Gasteiger partial charge is 0.230 e. The number of carbonyl (C=O) groups excluding carboxylic acids is 2. The number of aromatic amines is 1. The molecule has 1 aliphatic heterocycles. The number of amides is 2. The zero-order chi connectivity index (χ0) is 20.9. The van der Waals surface area contributed by atoms with Crippen LogP contribution in [0.2, 0.25) is 0 Å². The Hall–Kier alpha value is -2.83. The van der Waals surface area contributed by atoms with E-state index in [0.29, 0.717) is 31.9 Å². The molecule has 1 unspecified atom stereocenters. The van der Waals surface area contributed by atoms with Gasteiger partial charge in [-0.15, -0.1) is 0 Å². The summed E-state index contributed by atoms with van der Waals surface area (Å²) in [5.41, 5.74) is 0.901. The van der Waals surface area contributed by atoms with Gasteiger partial charge in [-0.3, -0.25) is 14.7 Å². The van der Waals surface area contributed by atoms with Gasteiger partial charge in [-0.05, 0) is 25.0 Å². The number of H-pyrrole nitrogens is 1. The molecule has 3 rings (SSSR count). The van der Waals surface area contributed by atoms with E-state index in [9.17, 15) is 9.59 Å². The van der Waals surface area contributed by atoms with E-state index in [4.69, 9.17) is 4.74 Å². The lowest BCUT2D eigenvalue weighted by Gasteiger charge is -2.32. The highest BCUT2D eigenvalue weighted by Crippen LogP contribution is 2.23. The molecule has 1 fully saturated rings. The Labute approximate surface area is 171 Å². The minimum Gasteiger partial charge on any atom is -0.493 e. The molecule has 2 amide bonds. The van der Waals surface area contributed by atoms with Crippen molar-refractivity contribution in [3.05, 3.63) is 42.1 Å². The van der Waals surface area contributed by atoms with E-state index in [0.717, 1.165) is 24.3 Å². The standard InChI is InChI=1S/C22H30N4O3/c1-22(2,3)18-14-19(25-24-18)23-21(28)16-8-7-12-26(15-16)20(27)11-13-29-17-9-5-4-6-10-17/h4-6,9-10,14,16H,7-8,11-13,15H2,1-3H3,(H2,23,24,25,28). The van der Waals surface area contributed by atoms with Crippen molar-refractivity contribution in [2.24, 2.45) is 5.92 Å². The predicted octanol–water partition coefficient (Wildman–Crippen LogP) is 3.35. The Morgan fingerprint density at radius 2 is 2.03 bits per heavy atom.